The number of aliphatic hydroxyl groups is 1. The molecule has 99 heavy (non-hydrogen) atoms. The van der Waals surface area contributed by atoms with Crippen molar-refractivity contribution in [1.82, 2.24) is 57.0 Å². The van der Waals surface area contributed by atoms with E-state index in [1.807, 2.05) is 0 Å². The Morgan fingerprint density at radius 1 is 0.657 bits per heavy atom. The molecule has 2 aromatic heterocycles. The molecule has 0 spiro atoms. The van der Waals surface area contributed by atoms with Crippen LogP contribution in [-0.4, -0.2) is 180 Å². The summed E-state index contributed by atoms with van der Waals surface area (Å²) in [5, 5.41) is 41.1. The van der Waals surface area contributed by atoms with Gasteiger partial charge in [-0.25, -0.2) is 13.2 Å². The fraction of sp³-hybridized carbons (Fsp3) is 0.449. The number of amides is 10. The van der Waals surface area contributed by atoms with E-state index in [-0.39, 0.29) is 99.8 Å². The molecule has 0 unspecified atom stereocenters. The third-order valence-corrected chi connectivity index (χ3v) is 20.3. The van der Waals surface area contributed by atoms with Gasteiger partial charge in [-0.3, -0.25) is 47.9 Å². The van der Waals surface area contributed by atoms with Gasteiger partial charge in [0.2, 0.25) is 59.1 Å². The molecule has 3 aliphatic heterocycles. The quantitative estimate of drug-likeness (QED) is 0.0783. The molecule has 30 heteroatoms. The second-order valence-electron chi connectivity index (χ2n) is 25.6. The lowest BCUT2D eigenvalue weighted by Gasteiger charge is -2.37. The first-order valence-corrected chi connectivity index (χ1v) is 35.2. The number of benzene rings is 4. The third-order valence-electron chi connectivity index (χ3n) is 18.2. The summed E-state index contributed by atoms with van der Waals surface area (Å²) in [6.45, 7) is 4.32. The number of hydrogen-bond acceptors (Lipinski definition) is 15. The average Bonchev–Trinajstić information content (AvgIpc) is 1.68. The number of fused-ring (bicyclic) bond motifs is 6. The molecule has 9 rings (SSSR count). The van der Waals surface area contributed by atoms with Crippen LogP contribution in [0.5, 0.6) is 5.75 Å². The first-order chi connectivity index (χ1) is 47.3. The maximum absolute atomic E-state index is 15.4. The number of nitrogens with two attached hydrogens (primary N) is 2. The van der Waals surface area contributed by atoms with Gasteiger partial charge in [-0.15, -0.1) is 0 Å². The van der Waals surface area contributed by atoms with Crippen molar-refractivity contribution in [2.24, 2.45) is 11.5 Å². The van der Waals surface area contributed by atoms with Crippen molar-refractivity contribution < 1.29 is 71.3 Å². The number of H-pyrrole nitrogens is 2. The SMILES string of the molecule is C[C@H]1NC(=O)[C@H](CCCCN)NC(=O)CCSCc2cc(F)cc(c2)CSC[C@@H](C(N)=O)NC(=O)[C@]2(C)CCCN2C(=O)[C@H](Cc2ccc(O)cc2)NC(=O)[C@H]([C@@H](C)O)NC(=O)[C@@H]2CCCN2C(=O)[C@H](Cc2c[nH]c3ccc(F)cc23)NC(=O)[C@H](Cc2c[nH]c3ccc(F)cc23)NC1=O. The van der Waals surface area contributed by atoms with Crippen LogP contribution in [0.1, 0.15) is 100.0 Å². The smallest absolute Gasteiger partial charge is 0.246 e. The molecule has 4 aromatic carbocycles. The molecule has 3 aliphatic rings. The molecule has 6 aromatic rings. The number of aromatic nitrogens is 2. The van der Waals surface area contributed by atoms with Crippen LogP contribution in [0.2, 0.25) is 0 Å². The summed E-state index contributed by atoms with van der Waals surface area (Å²) in [6.07, 6.45) is 2.16. The number of aromatic hydroxyl groups is 1. The van der Waals surface area contributed by atoms with Crippen LogP contribution in [0.4, 0.5) is 13.2 Å². The number of phenolic OH excluding ortho intramolecular Hbond substituents is 1. The maximum Gasteiger partial charge on any atom is 0.246 e. The molecule has 10 amide bonds. The van der Waals surface area contributed by atoms with Gasteiger partial charge in [0.1, 0.15) is 77.1 Å². The number of phenols is 1. The van der Waals surface area contributed by atoms with Crippen molar-refractivity contribution in [3.63, 3.8) is 0 Å². The number of thioether (sulfide) groups is 2. The Hall–Kier alpha value is -9.13. The zero-order valence-corrected chi connectivity index (χ0v) is 56.7. The Morgan fingerprint density at radius 2 is 1.26 bits per heavy atom. The summed E-state index contributed by atoms with van der Waals surface area (Å²) in [5.74, 6) is -9.46. The molecule has 25 nitrogen and oxygen atoms in total. The zero-order valence-electron chi connectivity index (χ0n) is 55.1. The van der Waals surface area contributed by atoms with Gasteiger partial charge >= 0.3 is 0 Å². The van der Waals surface area contributed by atoms with Crippen LogP contribution in [0, 0.1) is 17.5 Å². The predicted octanol–water partition coefficient (Wildman–Crippen LogP) is 3.15. The molecular weight excluding hydrogens is 1320 g/mol. The minimum atomic E-state index is -1.79. The maximum atomic E-state index is 15.4. The number of nitrogens with zero attached hydrogens (tertiary/aromatic N) is 2. The Bertz CT molecular complexity index is 3970. The van der Waals surface area contributed by atoms with Gasteiger partial charge in [0.25, 0.3) is 0 Å². The molecule has 2 fully saturated rings. The van der Waals surface area contributed by atoms with Crippen LogP contribution in [0.3, 0.4) is 0 Å². The van der Waals surface area contributed by atoms with E-state index in [2.05, 4.69) is 47.2 Å². The molecule has 530 valence electrons. The molecule has 10 atom stereocenters. The summed E-state index contributed by atoms with van der Waals surface area (Å²) in [6, 6.07) is 6.47. The number of carbonyl (C=O) groups is 10. The van der Waals surface area contributed by atoms with E-state index in [0.717, 1.165) is 0 Å². The number of primary amides is 1. The van der Waals surface area contributed by atoms with Crippen molar-refractivity contribution >= 4 is 104 Å². The number of unbranched alkanes of at least 4 members (excludes halogenated alkanes) is 1. The minimum absolute atomic E-state index is 0.0153. The summed E-state index contributed by atoms with van der Waals surface area (Å²) in [7, 11) is 0. The lowest BCUT2D eigenvalue weighted by atomic mass is 9.95. The number of nitrogens with one attached hydrogen (secondary N) is 9. The Kier molecular flexibility index (Phi) is 25.2. The van der Waals surface area contributed by atoms with Gasteiger partial charge in [-0.05, 0) is 161 Å². The highest BCUT2D eigenvalue weighted by atomic mass is 32.2. The third kappa shape index (κ3) is 19.0. The lowest BCUT2D eigenvalue weighted by Crippen LogP contribution is -2.64. The first kappa shape index (κ1) is 74.1. The minimum Gasteiger partial charge on any atom is -0.508 e. The van der Waals surface area contributed by atoms with Crippen molar-refractivity contribution in [3.8, 4) is 5.75 Å². The highest BCUT2D eigenvalue weighted by Gasteiger charge is 2.49. The molecule has 5 heterocycles. The molecular formula is C69H84F3N13O12S2. The van der Waals surface area contributed by atoms with E-state index in [4.69, 9.17) is 11.5 Å². The molecule has 15 N–H and O–H groups in total. The topological polar surface area (TPSA) is 385 Å². The molecule has 0 saturated carbocycles. The monoisotopic (exact) mass is 1410 g/mol. The number of carbonyl (C=O) groups excluding carboxylic acids is 10. The fourth-order valence-electron chi connectivity index (χ4n) is 12.7. The highest BCUT2D eigenvalue weighted by Crippen LogP contribution is 2.32. The van der Waals surface area contributed by atoms with Crippen LogP contribution in [0.25, 0.3) is 21.8 Å². The number of rotatable bonds is 12. The van der Waals surface area contributed by atoms with Gasteiger partial charge < -0.3 is 78.7 Å². The zero-order chi connectivity index (χ0) is 71.2. The van der Waals surface area contributed by atoms with E-state index in [9.17, 15) is 52.6 Å². The number of aliphatic hydroxyl groups excluding tert-OH is 1. The van der Waals surface area contributed by atoms with Crippen LogP contribution >= 0.6 is 23.5 Å². The summed E-state index contributed by atoms with van der Waals surface area (Å²) >= 11 is 2.51. The summed E-state index contributed by atoms with van der Waals surface area (Å²) in [5.41, 5.74) is 13.3. The predicted molar refractivity (Wildman–Crippen MR) is 366 cm³/mol. The van der Waals surface area contributed by atoms with E-state index < -0.39 is 137 Å². The molecule has 2 saturated heterocycles. The highest BCUT2D eigenvalue weighted by molar-refractivity contribution is 7.98. The van der Waals surface area contributed by atoms with Crippen molar-refractivity contribution in [1.29, 1.82) is 0 Å². The van der Waals surface area contributed by atoms with Gasteiger partial charge in [0.15, 0.2) is 0 Å². The Balaban J connectivity index is 1.05. The van der Waals surface area contributed by atoms with E-state index in [0.29, 0.717) is 68.9 Å². The molecule has 0 aliphatic carbocycles. The van der Waals surface area contributed by atoms with Crippen molar-refractivity contribution in [3.05, 3.63) is 137 Å². The second kappa shape index (κ2) is 33.6. The number of aromatic amines is 2. The van der Waals surface area contributed by atoms with Crippen molar-refractivity contribution in [2.45, 2.75) is 163 Å². The van der Waals surface area contributed by atoms with Gasteiger partial charge in [-0.2, -0.15) is 23.5 Å². The summed E-state index contributed by atoms with van der Waals surface area (Å²) < 4.78 is 45.1. The normalized spacial score (nSPS) is 24.7. The average molecular weight is 1410 g/mol. The Labute approximate surface area is 577 Å². The van der Waals surface area contributed by atoms with Gasteiger partial charge in [0.05, 0.1) is 6.10 Å². The fourth-order valence-corrected chi connectivity index (χ4v) is 14.6. The standard InChI is InChI=1S/C69H84F3N13O12S2/c1-37-61(90)79-53(28-42-32-75-50-16-12-44(70)30-48(42)50)63(92)80-55(29-43-33-76-51-17-13-45(71)31-49(43)51)66(95)84-21-6-9-57(84)64(93)83-59(38(2)86)65(94)81-54(27-39-10-14-47(87)15-11-39)67(96)85-22-7-19-69(85,3)68(97)82-56(60(74)89)36-99-35-41-24-40(25-46(72)26-41)34-98-23-18-58(88)78-52(62(91)77-37)8-4-5-20-73/h10-17,24-26,30-33,37-38,52-57,59,75-76,86-87H,4-9,18-23,27-29,34-36,73H2,1-3H3,(H2,74,89)(H,77,91)(H,78,88)(H,79,90)(H,80,92)(H,81,94)(H,82,97)(H,83,93)/t37-,38-,52+,53+,54+,55+,56+,57+,59+,69+/m1/s1. The van der Waals surface area contributed by atoms with E-state index >= 15 is 18.8 Å². The van der Waals surface area contributed by atoms with Crippen LogP contribution in [-0.2, 0) is 78.7 Å². The largest absolute Gasteiger partial charge is 0.508 e. The first-order valence-electron chi connectivity index (χ1n) is 32.9. The van der Waals surface area contributed by atoms with E-state index in [1.165, 1.54) is 139 Å². The Morgan fingerprint density at radius 3 is 1.90 bits per heavy atom. The molecule has 0 radical (unpaired) electrons. The summed E-state index contributed by atoms with van der Waals surface area (Å²) in [4.78, 5) is 153. The lowest BCUT2D eigenvalue weighted by molar-refractivity contribution is -0.147. The molecule has 2 bridgehead atoms. The van der Waals surface area contributed by atoms with Gasteiger partial charge in [0, 0.05) is 96.0 Å². The van der Waals surface area contributed by atoms with Crippen LogP contribution < -0.4 is 48.7 Å². The van der Waals surface area contributed by atoms with Crippen LogP contribution in [0.15, 0.2) is 91.3 Å². The number of halogens is 3. The van der Waals surface area contributed by atoms with Crippen molar-refractivity contribution in [2.75, 3.05) is 31.1 Å². The van der Waals surface area contributed by atoms with E-state index in [1.54, 1.807) is 6.07 Å². The number of hydrogen-bond donors (Lipinski definition) is 13. The van der Waals surface area contributed by atoms with Gasteiger partial charge in [-0.1, -0.05) is 18.2 Å². The second-order valence-corrected chi connectivity index (χ2v) is 27.7.